The Labute approximate surface area is 181 Å². The van der Waals surface area contributed by atoms with Gasteiger partial charge in [0.25, 0.3) is 5.91 Å². The Morgan fingerprint density at radius 3 is 2.59 bits per heavy atom. The summed E-state index contributed by atoms with van der Waals surface area (Å²) in [5.74, 6) is -0.120. The molecule has 0 bridgehead atoms. The second kappa shape index (κ2) is 8.89. The molecule has 1 aliphatic heterocycles. The smallest absolute Gasteiger partial charge is 0.251 e. The third-order valence-electron chi connectivity index (χ3n) is 5.25. The van der Waals surface area contributed by atoms with Crippen LogP contribution in [0, 0.1) is 0 Å². The number of benzene rings is 3. The third-order valence-corrected chi connectivity index (χ3v) is 5.84. The largest absolute Gasteiger partial charge is 0.367 e. The first kappa shape index (κ1) is 19.8. The Morgan fingerprint density at radius 1 is 1.00 bits per heavy atom. The van der Waals surface area contributed by atoms with Crippen molar-refractivity contribution in [2.45, 2.75) is 25.9 Å². The van der Waals surface area contributed by atoms with Gasteiger partial charge in [-0.2, -0.15) is 0 Å². The van der Waals surface area contributed by atoms with Gasteiger partial charge in [0, 0.05) is 40.9 Å². The first-order valence-electron chi connectivity index (χ1n) is 9.74. The monoisotopic (exact) mass is 424 g/mol. The Kier molecular flexibility index (Phi) is 6.08. The molecule has 0 radical (unpaired) electrons. The number of anilines is 1. The summed E-state index contributed by atoms with van der Waals surface area (Å²) in [5, 5.41) is 4.04. The lowest BCUT2D eigenvalue weighted by atomic mass is 10.0. The van der Waals surface area contributed by atoms with Crippen LogP contribution in [0.1, 0.15) is 33.5 Å². The predicted molar refractivity (Wildman–Crippen MR) is 120 cm³/mol. The number of carbonyl (C=O) groups excluding carboxylic acids is 1. The van der Waals surface area contributed by atoms with Gasteiger partial charge < -0.3 is 10.2 Å². The van der Waals surface area contributed by atoms with Crippen molar-refractivity contribution in [2.75, 3.05) is 11.4 Å². The average Bonchev–Trinajstić information content (AvgIpc) is 2.74. The molecule has 0 saturated carbocycles. The van der Waals surface area contributed by atoms with Crippen molar-refractivity contribution in [3.05, 3.63) is 99.0 Å². The number of halogens is 2. The molecule has 1 aliphatic rings. The summed E-state index contributed by atoms with van der Waals surface area (Å²) in [5.41, 5.74) is 5.40. The fraction of sp³-hybridized carbons (Fsp3) is 0.208. The van der Waals surface area contributed by atoms with Crippen LogP contribution in [0.25, 0.3) is 0 Å². The number of para-hydroxylation sites is 1. The first-order valence-corrected chi connectivity index (χ1v) is 10.5. The summed E-state index contributed by atoms with van der Waals surface area (Å²) >= 11 is 12.1. The lowest BCUT2D eigenvalue weighted by molar-refractivity contribution is 0.0951. The van der Waals surface area contributed by atoms with Gasteiger partial charge in [-0.05, 0) is 59.9 Å². The topological polar surface area (TPSA) is 32.3 Å². The maximum Gasteiger partial charge on any atom is 0.251 e. The maximum atomic E-state index is 12.5. The van der Waals surface area contributed by atoms with E-state index in [1.54, 1.807) is 12.1 Å². The van der Waals surface area contributed by atoms with Crippen LogP contribution in [0.15, 0.2) is 66.7 Å². The van der Waals surface area contributed by atoms with Crippen LogP contribution in [0.3, 0.4) is 0 Å². The van der Waals surface area contributed by atoms with E-state index in [1.165, 1.54) is 23.2 Å². The number of hydrogen-bond donors (Lipinski definition) is 1. The number of carbonyl (C=O) groups is 1. The van der Waals surface area contributed by atoms with E-state index in [0.717, 1.165) is 25.1 Å². The van der Waals surface area contributed by atoms with E-state index in [-0.39, 0.29) is 5.91 Å². The Bertz CT molecular complexity index is 1020. The summed E-state index contributed by atoms with van der Waals surface area (Å²) in [6.45, 7) is 2.27. The fourth-order valence-corrected chi connectivity index (χ4v) is 4.18. The molecule has 1 N–H and O–H groups in total. The van der Waals surface area contributed by atoms with Crippen LogP contribution in [-0.4, -0.2) is 12.5 Å². The molecule has 0 fully saturated rings. The van der Waals surface area contributed by atoms with E-state index < -0.39 is 0 Å². The van der Waals surface area contributed by atoms with Gasteiger partial charge in [0.15, 0.2) is 0 Å². The van der Waals surface area contributed by atoms with E-state index in [2.05, 4.69) is 34.5 Å². The van der Waals surface area contributed by atoms with Crippen LogP contribution in [0.4, 0.5) is 5.69 Å². The van der Waals surface area contributed by atoms with Crippen molar-refractivity contribution in [1.82, 2.24) is 5.32 Å². The first-order chi connectivity index (χ1) is 14.1. The highest BCUT2D eigenvalue weighted by Crippen LogP contribution is 2.28. The number of amides is 1. The molecule has 29 heavy (non-hydrogen) atoms. The van der Waals surface area contributed by atoms with Crippen LogP contribution >= 0.6 is 23.2 Å². The molecule has 1 heterocycles. The van der Waals surface area contributed by atoms with Crippen molar-refractivity contribution < 1.29 is 4.79 Å². The van der Waals surface area contributed by atoms with Crippen LogP contribution in [0.5, 0.6) is 0 Å². The number of hydrogen-bond acceptors (Lipinski definition) is 2. The minimum atomic E-state index is -0.120. The van der Waals surface area contributed by atoms with Gasteiger partial charge in [0.2, 0.25) is 0 Å². The Hall–Kier alpha value is -2.49. The van der Waals surface area contributed by atoms with Gasteiger partial charge in [-0.3, -0.25) is 4.79 Å². The molecular formula is C24H22Cl2N2O. The molecule has 0 spiro atoms. The zero-order valence-corrected chi connectivity index (χ0v) is 17.5. The summed E-state index contributed by atoms with van der Waals surface area (Å²) < 4.78 is 0. The van der Waals surface area contributed by atoms with Crippen LogP contribution < -0.4 is 10.2 Å². The summed E-state index contributed by atoms with van der Waals surface area (Å²) in [6.07, 6.45) is 2.31. The van der Waals surface area contributed by atoms with Crippen LogP contribution in [-0.2, 0) is 19.5 Å². The molecule has 5 heteroatoms. The van der Waals surface area contributed by atoms with Gasteiger partial charge in [-0.1, -0.05) is 59.6 Å². The van der Waals surface area contributed by atoms with E-state index in [0.29, 0.717) is 22.2 Å². The summed E-state index contributed by atoms with van der Waals surface area (Å²) in [7, 11) is 0. The highest BCUT2D eigenvalue weighted by molar-refractivity contribution is 6.35. The van der Waals surface area contributed by atoms with Crippen molar-refractivity contribution >= 4 is 34.8 Å². The molecule has 0 aromatic heterocycles. The van der Waals surface area contributed by atoms with Crippen molar-refractivity contribution in [3.63, 3.8) is 0 Å². The zero-order chi connectivity index (χ0) is 20.2. The average molecular weight is 425 g/mol. The zero-order valence-electron chi connectivity index (χ0n) is 16.0. The minimum absolute atomic E-state index is 0.120. The second-order valence-corrected chi connectivity index (χ2v) is 8.11. The molecule has 0 saturated heterocycles. The molecule has 0 atom stereocenters. The van der Waals surface area contributed by atoms with Gasteiger partial charge in [0.1, 0.15) is 0 Å². The van der Waals surface area contributed by atoms with E-state index in [4.69, 9.17) is 23.2 Å². The number of aryl methyl sites for hydroxylation is 1. The Balaban J connectivity index is 1.38. The number of nitrogens with zero attached hydrogens (tertiary/aromatic N) is 1. The van der Waals surface area contributed by atoms with E-state index >= 15 is 0 Å². The number of rotatable bonds is 5. The molecule has 3 nitrogen and oxygen atoms in total. The minimum Gasteiger partial charge on any atom is -0.367 e. The Morgan fingerprint density at radius 2 is 1.79 bits per heavy atom. The summed E-state index contributed by atoms with van der Waals surface area (Å²) in [6, 6.07) is 21.7. The molecule has 1 amide bonds. The molecule has 3 aromatic carbocycles. The van der Waals surface area contributed by atoms with Gasteiger partial charge in [-0.15, -0.1) is 0 Å². The quantitative estimate of drug-likeness (QED) is 0.554. The SMILES string of the molecule is O=C(NCc1ccc(Cl)cc1Cl)c1ccc(CN2CCCc3ccccc32)cc1. The third kappa shape index (κ3) is 4.75. The standard InChI is InChI=1S/C24H22Cl2N2O/c25-21-12-11-20(22(26)14-21)15-27-24(29)19-9-7-17(8-10-19)16-28-13-3-5-18-4-1-2-6-23(18)28/h1-2,4,6-12,14H,3,5,13,15-16H2,(H,27,29). The van der Waals surface area contributed by atoms with E-state index in [9.17, 15) is 4.79 Å². The van der Waals surface area contributed by atoms with Gasteiger partial charge in [0.05, 0.1) is 0 Å². The van der Waals surface area contributed by atoms with Gasteiger partial charge in [-0.25, -0.2) is 0 Å². The maximum absolute atomic E-state index is 12.5. The molecule has 4 rings (SSSR count). The highest BCUT2D eigenvalue weighted by Gasteiger charge is 2.16. The molecule has 3 aromatic rings. The fourth-order valence-electron chi connectivity index (χ4n) is 3.70. The lowest BCUT2D eigenvalue weighted by Gasteiger charge is -2.31. The lowest BCUT2D eigenvalue weighted by Crippen LogP contribution is -2.28. The van der Waals surface area contributed by atoms with E-state index in [1.807, 2.05) is 30.3 Å². The summed E-state index contributed by atoms with van der Waals surface area (Å²) in [4.78, 5) is 14.9. The normalized spacial score (nSPS) is 13.1. The number of fused-ring (bicyclic) bond motifs is 1. The second-order valence-electron chi connectivity index (χ2n) is 7.27. The highest BCUT2D eigenvalue weighted by atomic mass is 35.5. The van der Waals surface area contributed by atoms with Crippen molar-refractivity contribution in [2.24, 2.45) is 0 Å². The van der Waals surface area contributed by atoms with Crippen molar-refractivity contribution in [1.29, 1.82) is 0 Å². The molecule has 148 valence electrons. The van der Waals surface area contributed by atoms with Crippen LogP contribution in [0.2, 0.25) is 10.0 Å². The van der Waals surface area contributed by atoms with Gasteiger partial charge >= 0.3 is 0 Å². The molecule has 0 aliphatic carbocycles. The number of nitrogens with one attached hydrogen (secondary N) is 1. The molecule has 0 unspecified atom stereocenters. The predicted octanol–water partition coefficient (Wildman–Crippen LogP) is 5.88. The molecular weight excluding hydrogens is 403 g/mol. The van der Waals surface area contributed by atoms with Crippen molar-refractivity contribution in [3.8, 4) is 0 Å².